The molecule has 3 aliphatic rings. The fraction of sp³-hybridized carbons (Fsp3) is 0.299. The molecular formula is C87H102N7O12S4-. The van der Waals surface area contributed by atoms with Crippen LogP contribution in [0.5, 0.6) is 0 Å². The Hall–Kier alpha value is -9.69. The second-order valence-electron chi connectivity index (χ2n) is 25.8. The predicted octanol–water partition coefficient (Wildman–Crippen LogP) is 13.3. The van der Waals surface area contributed by atoms with E-state index in [1.54, 1.807) is 0 Å². The molecule has 23 heteroatoms. The lowest BCUT2D eigenvalue weighted by Gasteiger charge is -2.24. The molecule has 110 heavy (non-hydrogen) atoms. The number of hydrogen-bond donors (Lipinski definition) is 1. The van der Waals surface area contributed by atoms with Gasteiger partial charge in [-0.05, 0) is 261 Å². The van der Waals surface area contributed by atoms with Crippen LogP contribution in [0.15, 0.2) is 249 Å². The van der Waals surface area contributed by atoms with Crippen LogP contribution in [0.2, 0.25) is 0 Å². The van der Waals surface area contributed by atoms with Gasteiger partial charge < -0.3 is 37.8 Å². The minimum absolute atomic E-state index is 0.0218. The third-order valence-electron chi connectivity index (χ3n) is 19.8. The lowest BCUT2D eigenvalue weighted by atomic mass is 9.83. The smallest absolute Gasteiger partial charge is 0.206 e. The zero-order valence-corrected chi connectivity index (χ0v) is 68.5. The van der Waals surface area contributed by atoms with Crippen molar-refractivity contribution < 1.29 is 66.0 Å². The molecular weight excluding hydrogens is 1460 g/mol. The molecule has 0 aliphatic heterocycles. The van der Waals surface area contributed by atoms with Crippen LogP contribution in [0.3, 0.4) is 0 Å². The summed E-state index contributed by atoms with van der Waals surface area (Å²) in [7, 11) is -20.2. The third kappa shape index (κ3) is 20.8. The van der Waals surface area contributed by atoms with Gasteiger partial charge >= 0.3 is 0 Å². The maximum absolute atomic E-state index is 12.3. The topological polar surface area (TPSA) is 262 Å². The molecule has 0 bridgehead atoms. The zero-order valence-electron chi connectivity index (χ0n) is 65.2. The van der Waals surface area contributed by atoms with E-state index in [1.807, 2.05) is 153 Å². The maximum Gasteiger partial charge on any atom is 0.206 e. The van der Waals surface area contributed by atoms with Crippen LogP contribution in [0.4, 0.5) is 22.7 Å². The van der Waals surface area contributed by atoms with E-state index in [1.165, 1.54) is 62.6 Å². The van der Waals surface area contributed by atoms with Crippen LogP contribution >= 0.6 is 0 Å². The average molecular weight is 1570 g/mol. The van der Waals surface area contributed by atoms with Gasteiger partial charge in [-0.3, -0.25) is 0 Å². The summed E-state index contributed by atoms with van der Waals surface area (Å²) in [6.45, 7) is 38.8. The van der Waals surface area contributed by atoms with E-state index < -0.39 is 60.1 Å². The Morgan fingerprint density at radius 1 is 0.327 bits per heavy atom. The van der Waals surface area contributed by atoms with Crippen molar-refractivity contribution >= 4 is 103 Å². The Morgan fingerprint density at radius 2 is 0.618 bits per heavy atom. The van der Waals surface area contributed by atoms with E-state index in [-0.39, 0.29) is 11.1 Å². The van der Waals surface area contributed by atoms with E-state index in [0.29, 0.717) is 45.6 Å². The Balaban J connectivity index is 0.000000207. The number of allylic oxidation sites excluding steroid dienone is 13. The summed E-state index contributed by atoms with van der Waals surface area (Å²) < 4.78 is 147. The monoisotopic (exact) mass is 1560 g/mol. The molecule has 1 N–H and O–H groups in total. The fourth-order valence-electron chi connectivity index (χ4n) is 14.0. The van der Waals surface area contributed by atoms with Gasteiger partial charge in [0.25, 0.3) is 0 Å². The summed E-state index contributed by atoms with van der Waals surface area (Å²) in [5, 5.41) is 0. The van der Waals surface area contributed by atoms with Gasteiger partial charge in [-0.15, -0.1) is 0 Å². The van der Waals surface area contributed by atoms with Crippen LogP contribution in [0.1, 0.15) is 135 Å². The standard InChI is InChI=1S/C33H39N3.2C27H32N2O6S2/c1-6-34-32-24-23-31(29-13-11-12-14-30(29)32)33(25-15-19-27(20-16-25)35(7-2)8-3)26-17-21-28(22-18-26)36(9-4)10-5;2*1-5-28(6-2)22-13-9-20(10-14-22)27(21-11-15-23(16-12-21)29(7-3)8-4)25-18-17-24(36(30,31)32)19-26(25)37(33,34)35/h11-24H,6-10H2,1-5H3;2*9-19H,5-8H2,1-4H3,(H-,30,31,32,33,34,35)/p-1. The highest BCUT2D eigenvalue weighted by Crippen LogP contribution is 2.41. The number of fused-ring (bicyclic) bond motifs is 1. The average Bonchev–Trinajstić information content (AvgIpc) is 0.775. The van der Waals surface area contributed by atoms with Gasteiger partial charge in [0, 0.05) is 117 Å². The fourth-order valence-corrected chi connectivity index (χ4v) is 16.6. The van der Waals surface area contributed by atoms with E-state index in [0.717, 1.165) is 120 Å². The first-order valence-electron chi connectivity index (χ1n) is 37.6. The first-order chi connectivity index (χ1) is 52.5. The first kappa shape index (κ1) is 85.9. The predicted molar refractivity (Wildman–Crippen MR) is 443 cm³/mol. The Bertz CT molecular complexity index is 4950. The van der Waals surface area contributed by atoms with Gasteiger partial charge in [0.05, 0.1) is 25.1 Å². The Labute approximate surface area is 652 Å². The SMILES string of the molecule is CCN(CC)c1ccc(C(=C2C=CC(=[N+](CC)CC)C=C2)c2ccc(S(=O)(=O)[O-])cc2S(=O)(=O)[O-])cc1.CCN(CC)c1ccc(C(=C2C=CC(=[N+](CC)CC)C=C2)c2ccc(S(=O)(=O)[O-])cc2S(=O)(=O)[O-])cc1.CC[NH+]=C1C=CC(=C(c2ccc(N(CC)CC)cc2)c2ccc(N(CC)CC)cc2)c2ccccc21. The molecule has 0 unspecified atom stereocenters. The maximum atomic E-state index is 12.3. The largest absolute Gasteiger partial charge is 0.744 e. The molecule has 10 rings (SSSR count). The van der Waals surface area contributed by atoms with E-state index in [4.69, 9.17) is 0 Å². The number of anilines is 4. The molecule has 7 aromatic carbocycles. The molecule has 7 aromatic rings. The highest BCUT2D eigenvalue weighted by atomic mass is 32.2. The number of benzene rings is 7. The molecule has 0 heterocycles. The van der Waals surface area contributed by atoms with Crippen LogP contribution < -0.4 is 24.6 Å². The number of hydrogen-bond acceptors (Lipinski definition) is 16. The number of nitrogens with one attached hydrogen (secondary N) is 1. The van der Waals surface area contributed by atoms with E-state index in [2.05, 4.69) is 153 Å². The van der Waals surface area contributed by atoms with Crippen molar-refractivity contribution in [1.82, 2.24) is 0 Å². The third-order valence-corrected chi connectivity index (χ3v) is 23.2. The molecule has 0 saturated carbocycles. The van der Waals surface area contributed by atoms with Crippen LogP contribution in [-0.2, 0) is 40.5 Å². The van der Waals surface area contributed by atoms with Crippen molar-refractivity contribution in [2.75, 3.05) is 105 Å². The van der Waals surface area contributed by atoms with Crippen LogP contribution in [0, 0.1) is 0 Å². The summed E-state index contributed by atoms with van der Waals surface area (Å²) in [5.41, 5.74) is 18.6. The van der Waals surface area contributed by atoms with Gasteiger partial charge in [-0.1, -0.05) is 78.9 Å². The lowest BCUT2D eigenvalue weighted by Crippen LogP contribution is -2.72. The van der Waals surface area contributed by atoms with Crippen LogP contribution in [0.25, 0.3) is 22.3 Å². The van der Waals surface area contributed by atoms with Gasteiger partial charge in [-0.25, -0.2) is 47.8 Å². The molecule has 0 saturated heterocycles. The minimum atomic E-state index is -5.13. The highest BCUT2D eigenvalue weighted by Gasteiger charge is 2.26. The normalized spacial score (nSPS) is 13.6. The summed E-state index contributed by atoms with van der Waals surface area (Å²) in [4.78, 5) is 9.55. The molecule has 19 nitrogen and oxygen atoms in total. The second-order valence-corrected chi connectivity index (χ2v) is 31.3. The lowest BCUT2D eigenvalue weighted by molar-refractivity contribution is -0.519. The van der Waals surface area contributed by atoms with E-state index in [9.17, 15) is 51.9 Å². The van der Waals surface area contributed by atoms with Crippen molar-refractivity contribution in [2.24, 2.45) is 0 Å². The first-order valence-corrected chi connectivity index (χ1v) is 43.3. The van der Waals surface area contributed by atoms with Gasteiger partial charge in [0.2, 0.25) is 5.71 Å². The summed E-state index contributed by atoms with van der Waals surface area (Å²) in [6.07, 6.45) is 19.5. The Morgan fingerprint density at radius 3 is 0.882 bits per heavy atom. The van der Waals surface area contributed by atoms with Crippen molar-refractivity contribution in [1.29, 1.82) is 0 Å². The van der Waals surface area contributed by atoms with Crippen molar-refractivity contribution in [2.45, 2.75) is 110 Å². The van der Waals surface area contributed by atoms with Gasteiger partial charge in [0.1, 0.15) is 73.2 Å². The minimum Gasteiger partial charge on any atom is -0.744 e. The second kappa shape index (κ2) is 38.8. The number of rotatable bonds is 27. The van der Waals surface area contributed by atoms with E-state index >= 15 is 0 Å². The molecule has 0 amide bonds. The molecule has 582 valence electrons. The zero-order chi connectivity index (χ0) is 80.3. The Kier molecular flexibility index (Phi) is 30.3. The summed E-state index contributed by atoms with van der Waals surface area (Å²) in [5.74, 6) is 0. The van der Waals surface area contributed by atoms with Crippen molar-refractivity contribution in [3.63, 3.8) is 0 Å². The van der Waals surface area contributed by atoms with Crippen molar-refractivity contribution in [3.8, 4) is 0 Å². The van der Waals surface area contributed by atoms with Gasteiger partial charge in [0.15, 0.2) is 11.4 Å². The molecule has 0 fully saturated rings. The molecule has 0 aromatic heterocycles. The highest BCUT2D eigenvalue weighted by molar-refractivity contribution is 7.87. The van der Waals surface area contributed by atoms with Crippen molar-refractivity contribution in [3.05, 3.63) is 274 Å². The molecule has 0 spiro atoms. The number of nitrogens with zero attached hydrogens (tertiary/aromatic N) is 6. The molecule has 0 atom stereocenters. The quantitative estimate of drug-likeness (QED) is 0.0370. The molecule has 0 radical (unpaired) electrons. The van der Waals surface area contributed by atoms with Gasteiger partial charge in [-0.2, -0.15) is 0 Å². The summed E-state index contributed by atoms with van der Waals surface area (Å²) in [6, 6.07) is 47.7. The van der Waals surface area contributed by atoms with Crippen LogP contribution in [-0.4, -0.2) is 163 Å². The summed E-state index contributed by atoms with van der Waals surface area (Å²) >= 11 is 0. The molecule has 3 aliphatic carbocycles.